The van der Waals surface area contributed by atoms with Gasteiger partial charge in [0.2, 0.25) is 5.75 Å². The maximum absolute atomic E-state index is 5.48. The molecule has 0 bridgehead atoms. The third-order valence-electron chi connectivity index (χ3n) is 3.39. The van der Waals surface area contributed by atoms with Crippen molar-refractivity contribution in [2.45, 2.75) is 11.7 Å². The SMILES string of the molecule is COc1ccc(CNCCSc2nccn2C)c(OC)c1OC. The highest BCUT2D eigenvalue weighted by Gasteiger charge is 2.15. The van der Waals surface area contributed by atoms with Crippen LogP contribution in [-0.2, 0) is 13.6 Å². The van der Waals surface area contributed by atoms with E-state index in [1.54, 1.807) is 33.1 Å². The lowest BCUT2D eigenvalue weighted by molar-refractivity contribution is 0.321. The Bertz CT molecular complexity index is 631. The summed E-state index contributed by atoms with van der Waals surface area (Å²) < 4.78 is 18.2. The molecule has 0 aliphatic rings. The maximum atomic E-state index is 5.48. The molecule has 2 aromatic rings. The molecule has 6 nitrogen and oxygen atoms in total. The topological polar surface area (TPSA) is 57.5 Å². The first kappa shape index (κ1) is 17.5. The van der Waals surface area contributed by atoms with Crippen LogP contribution in [0.4, 0.5) is 0 Å². The summed E-state index contributed by atoms with van der Waals surface area (Å²) in [7, 11) is 6.86. The van der Waals surface area contributed by atoms with Gasteiger partial charge in [-0.3, -0.25) is 0 Å². The van der Waals surface area contributed by atoms with Gasteiger partial charge in [0.15, 0.2) is 16.7 Å². The standard InChI is InChI=1S/C16H23N3O3S/c1-19-9-7-18-16(19)23-10-8-17-11-12-5-6-13(20-2)15(22-4)14(12)21-3/h5-7,9,17H,8,10-11H2,1-4H3. The lowest BCUT2D eigenvalue weighted by Gasteiger charge is -2.16. The fourth-order valence-electron chi connectivity index (χ4n) is 2.23. The van der Waals surface area contributed by atoms with Gasteiger partial charge >= 0.3 is 0 Å². The molecule has 0 saturated carbocycles. The Balaban J connectivity index is 1.89. The molecule has 1 N–H and O–H groups in total. The first-order valence-corrected chi connectivity index (χ1v) is 8.28. The third kappa shape index (κ3) is 4.33. The molecule has 1 aromatic heterocycles. The summed E-state index contributed by atoms with van der Waals surface area (Å²) in [5.74, 6) is 2.94. The van der Waals surface area contributed by atoms with Crippen molar-refractivity contribution < 1.29 is 14.2 Å². The van der Waals surface area contributed by atoms with Gasteiger partial charge in [-0.1, -0.05) is 17.8 Å². The summed E-state index contributed by atoms with van der Waals surface area (Å²) in [6.45, 7) is 1.57. The summed E-state index contributed by atoms with van der Waals surface area (Å²) in [5.41, 5.74) is 1.03. The van der Waals surface area contributed by atoms with Crippen LogP contribution in [0.25, 0.3) is 0 Å². The van der Waals surface area contributed by atoms with E-state index >= 15 is 0 Å². The van der Waals surface area contributed by atoms with Gasteiger partial charge in [-0.2, -0.15) is 0 Å². The van der Waals surface area contributed by atoms with Crippen LogP contribution in [0.15, 0.2) is 29.7 Å². The predicted molar refractivity (Wildman–Crippen MR) is 91.7 cm³/mol. The lowest BCUT2D eigenvalue weighted by atomic mass is 10.1. The molecule has 2 rings (SSSR count). The van der Waals surface area contributed by atoms with Crippen LogP contribution >= 0.6 is 11.8 Å². The summed E-state index contributed by atoms with van der Waals surface area (Å²) in [4.78, 5) is 4.29. The fourth-order valence-corrected chi connectivity index (χ4v) is 3.06. The van der Waals surface area contributed by atoms with Crippen molar-refractivity contribution in [1.82, 2.24) is 14.9 Å². The Kier molecular flexibility index (Phi) is 6.61. The molecule has 23 heavy (non-hydrogen) atoms. The Labute approximate surface area is 141 Å². The van der Waals surface area contributed by atoms with E-state index in [9.17, 15) is 0 Å². The Morgan fingerprint density at radius 3 is 2.52 bits per heavy atom. The number of hydrogen-bond acceptors (Lipinski definition) is 6. The largest absolute Gasteiger partial charge is 0.493 e. The van der Waals surface area contributed by atoms with Crippen molar-refractivity contribution >= 4 is 11.8 Å². The summed E-state index contributed by atoms with van der Waals surface area (Å²) in [6, 6.07) is 3.88. The Hall–Kier alpha value is -1.86. The summed E-state index contributed by atoms with van der Waals surface area (Å²) in [5, 5.41) is 4.44. The zero-order chi connectivity index (χ0) is 16.7. The molecule has 1 aromatic carbocycles. The number of methoxy groups -OCH3 is 3. The number of imidazole rings is 1. The molecule has 7 heteroatoms. The van der Waals surface area contributed by atoms with E-state index < -0.39 is 0 Å². The average molecular weight is 337 g/mol. The lowest BCUT2D eigenvalue weighted by Crippen LogP contribution is -2.17. The number of nitrogens with zero attached hydrogens (tertiary/aromatic N) is 2. The van der Waals surface area contributed by atoms with E-state index in [0.29, 0.717) is 23.8 Å². The number of aryl methyl sites for hydroxylation is 1. The molecular formula is C16H23N3O3S. The number of thioether (sulfide) groups is 1. The van der Waals surface area contributed by atoms with E-state index in [-0.39, 0.29) is 0 Å². The zero-order valence-corrected chi connectivity index (χ0v) is 14.8. The molecule has 0 atom stereocenters. The molecule has 1 heterocycles. The molecule has 0 saturated heterocycles. The zero-order valence-electron chi connectivity index (χ0n) is 14.0. The van der Waals surface area contributed by atoms with Gasteiger partial charge in [0.05, 0.1) is 21.3 Å². The minimum absolute atomic E-state index is 0.622. The quantitative estimate of drug-likeness (QED) is 0.560. The average Bonchev–Trinajstić information content (AvgIpc) is 2.98. The molecule has 126 valence electrons. The number of hydrogen-bond donors (Lipinski definition) is 1. The van der Waals surface area contributed by atoms with Crippen LogP contribution in [-0.4, -0.2) is 43.2 Å². The van der Waals surface area contributed by atoms with Crippen LogP contribution < -0.4 is 19.5 Å². The molecule has 0 aliphatic heterocycles. The summed E-state index contributed by atoms with van der Waals surface area (Å²) in [6.07, 6.45) is 3.76. The molecule has 0 fully saturated rings. The first-order valence-electron chi connectivity index (χ1n) is 7.30. The second kappa shape index (κ2) is 8.69. The molecular weight excluding hydrogens is 314 g/mol. The summed E-state index contributed by atoms with van der Waals surface area (Å²) >= 11 is 1.73. The number of benzene rings is 1. The second-order valence-electron chi connectivity index (χ2n) is 4.84. The van der Waals surface area contributed by atoms with E-state index in [4.69, 9.17) is 14.2 Å². The van der Waals surface area contributed by atoms with Crippen molar-refractivity contribution in [1.29, 1.82) is 0 Å². The van der Waals surface area contributed by atoms with Gasteiger partial charge in [-0.25, -0.2) is 4.98 Å². The number of aromatic nitrogens is 2. The van der Waals surface area contributed by atoms with Crippen molar-refractivity contribution in [3.63, 3.8) is 0 Å². The minimum Gasteiger partial charge on any atom is -0.493 e. The van der Waals surface area contributed by atoms with Crippen molar-refractivity contribution in [3.8, 4) is 17.2 Å². The highest BCUT2D eigenvalue weighted by molar-refractivity contribution is 7.99. The predicted octanol–water partition coefficient (Wildman–Crippen LogP) is 2.33. The molecule has 0 unspecified atom stereocenters. The smallest absolute Gasteiger partial charge is 0.203 e. The highest BCUT2D eigenvalue weighted by Crippen LogP contribution is 2.39. The maximum Gasteiger partial charge on any atom is 0.203 e. The van der Waals surface area contributed by atoms with Gasteiger partial charge in [-0.05, 0) is 6.07 Å². The van der Waals surface area contributed by atoms with E-state index in [2.05, 4.69) is 10.3 Å². The van der Waals surface area contributed by atoms with Crippen LogP contribution in [0.3, 0.4) is 0 Å². The highest BCUT2D eigenvalue weighted by atomic mass is 32.2. The monoisotopic (exact) mass is 337 g/mol. The van der Waals surface area contributed by atoms with Crippen LogP contribution in [0.2, 0.25) is 0 Å². The third-order valence-corrected chi connectivity index (χ3v) is 4.45. The van der Waals surface area contributed by atoms with Gasteiger partial charge in [-0.15, -0.1) is 0 Å². The molecule has 0 radical (unpaired) electrons. The van der Waals surface area contributed by atoms with Crippen LogP contribution in [0.1, 0.15) is 5.56 Å². The Morgan fingerprint density at radius 2 is 1.91 bits per heavy atom. The molecule has 0 spiro atoms. The van der Waals surface area contributed by atoms with Crippen molar-refractivity contribution in [2.24, 2.45) is 7.05 Å². The fraction of sp³-hybridized carbons (Fsp3) is 0.438. The Morgan fingerprint density at radius 1 is 1.13 bits per heavy atom. The van der Waals surface area contributed by atoms with Gasteiger partial charge < -0.3 is 24.1 Å². The van der Waals surface area contributed by atoms with Gasteiger partial charge in [0.1, 0.15) is 0 Å². The van der Waals surface area contributed by atoms with E-state index in [0.717, 1.165) is 23.0 Å². The molecule has 0 amide bonds. The molecule has 0 aliphatic carbocycles. The van der Waals surface area contributed by atoms with E-state index in [1.165, 1.54) is 0 Å². The van der Waals surface area contributed by atoms with Gasteiger partial charge in [0, 0.05) is 43.8 Å². The first-order chi connectivity index (χ1) is 11.2. The second-order valence-corrected chi connectivity index (χ2v) is 5.90. The van der Waals surface area contributed by atoms with Crippen LogP contribution in [0.5, 0.6) is 17.2 Å². The van der Waals surface area contributed by atoms with Crippen molar-refractivity contribution in [3.05, 3.63) is 30.1 Å². The number of nitrogens with one attached hydrogen (secondary N) is 1. The van der Waals surface area contributed by atoms with Crippen molar-refractivity contribution in [2.75, 3.05) is 33.6 Å². The van der Waals surface area contributed by atoms with Crippen LogP contribution in [0, 0.1) is 0 Å². The number of rotatable bonds is 9. The minimum atomic E-state index is 0.622. The number of ether oxygens (including phenoxy) is 3. The normalized spacial score (nSPS) is 10.6. The van der Waals surface area contributed by atoms with E-state index in [1.807, 2.05) is 36.1 Å². The van der Waals surface area contributed by atoms with Gasteiger partial charge in [0.25, 0.3) is 0 Å².